The average molecular weight is 386 g/mol. The zero-order chi connectivity index (χ0) is 19.0. The summed E-state index contributed by atoms with van der Waals surface area (Å²) in [6.07, 6.45) is 1.30. The SMILES string of the molecule is COc1ccc(COCC[C@H]2CC[C@H](C(=O)CP(=O)(OC)OC)O2)cc1. The van der Waals surface area contributed by atoms with Gasteiger partial charge in [0.25, 0.3) is 0 Å². The molecule has 26 heavy (non-hydrogen) atoms. The predicted octanol–water partition coefficient (Wildman–Crippen LogP) is 3.20. The van der Waals surface area contributed by atoms with Crippen molar-refractivity contribution in [1.82, 2.24) is 0 Å². The Balaban J connectivity index is 1.67. The van der Waals surface area contributed by atoms with Crippen LogP contribution in [0.25, 0.3) is 0 Å². The number of Topliss-reactive ketones (excluding diaryl/α,β-unsaturated/α-hetero) is 1. The van der Waals surface area contributed by atoms with E-state index in [1.807, 2.05) is 24.3 Å². The highest BCUT2D eigenvalue weighted by molar-refractivity contribution is 7.54. The first kappa shape index (κ1) is 21.1. The van der Waals surface area contributed by atoms with Gasteiger partial charge < -0.3 is 23.3 Å². The Bertz CT molecular complexity index is 608. The molecule has 0 aliphatic carbocycles. The van der Waals surface area contributed by atoms with Crippen LogP contribution >= 0.6 is 7.60 Å². The molecule has 1 saturated heterocycles. The van der Waals surface area contributed by atoms with Crippen LogP contribution in [0.4, 0.5) is 0 Å². The molecule has 1 aliphatic rings. The van der Waals surface area contributed by atoms with Gasteiger partial charge in [0.2, 0.25) is 0 Å². The second-order valence-corrected chi connectivity index (χ2v) is 8.38. The molecule has 0 saturated carbocycles. The third kappa shape index (κ3) is 6.18. The van der Waals surface area contributed by atoms with Crippen LogP contribution in [-0.4, -0.2) is 52.1 Å². The fourth-order valence-corrected chi connectivity index (χ4v) is 3.77. The molecule has 7 nitrogen and oxygen atoms in total. The third-order valence-electron chi connectivity index (χ3n) is 4.38. The number of benzene rings is 1. The highest BCUT2D eigenvalue weighted by Crippen LogP contribution is 2.46. The molecule has 0 spiro atoms. The number of ether oxygens (including phenoxy) is 3. The molecule has 2 atom stereocenters. The van der Waals surface area contributed by atoms with E-state index in [2.05, 4.69) is 0 Å². The van der Waals surface area contributed by atoms with Crippen molar-refractivity contribution in [2.75, 3.05) is 34.1 Å². The van der Waals surface area contributed by atoms with Crippen LogP contribution in [0.1, 0.15) is 24.8 Å². The summed E-state index contributed by atoms with van der Waals surface area (Å²) in [5.74, 6) is 0.578. The predicted molar refractivity (Wildman–Crippen MR) is 96.7 cm³/mol. The topological polar surface area (TPSA) is 80.3 Å². The molecule has 0 aromatic heterocycles. The smallest absolute Gasteiger partial charge is 0.337 e. The fraction of sp³-hybridized carbons (Fsp3) is 0.611. The molecule has 0 N–H and O–H groups in total. The van der Waals surface area contributed by atoms with Gasteiger partial charge in [0.1, 0.15) is 18.0 Å². The van der Waals surface area contributed by atoms with Crippen LogP contribution in [0.5, 0.6) is 5.75 Å². The van der Waals surface area contributed by atoms with Crippen molar-refractivity contribution in [3.63, 3.8) is 0 Å². The van der Waals surface area contributed by atoms with Gasteiger partial charge in [-0.25, -0.2) is 0 Å². The van der Waals surface area contributed by atoms with E-state index in [1.165, 1.54) is 14.2 Å². The van der Waals surface area contributed by atoms with Crippen LogP contribution in [0.2, 0.25) is 0 Å². The summed E-state index contributed by atoms with van der Waals surface area (Å²) in [5, 5.41) is 0. The standard InChI is InChI=1S/C18H27O7P/c1-21-15-6-4-14(5-7-15)12-24-11-10-16-8-9-18(25-16)17(19)13-26(20,22-2)23-3/h4-7,16,18H,8-13H2,1-3H3/t16-,18-/m1/s1. The fourth-order valence-electron chi connectivity index (χ4n) is 2.78. The number of hydrogen-bond acceptors (Lipinski definition) is 7. The van der Waals surface area contributed by atoms with Gasteiger partial charge in [-0.2, -0.15) is 0 Å². The summed E-state index contributed by atoms with van der Waals surface area (Å²) < 4.78 is 38.2. The summed E-state index contributed by atoms with van der Waals surface area (Å²) in [6, 6.07) is 7.72. The van der Waals surface area contributed by atoms with Gasteiger partial charge in [0.05, 0.1) is 19.8 Å². The lowest BCUT2D eigenvalue weighted by Crippen LogP contribution is -2.25. The molecule has 1 aliphatic heterocycles. The first-order valence-corrected chi connectivity index (χ1v) is 10.3. The molecular formula is C18H27O7P. The maximum atomic E-state index is 12.2. The van der Waals surface area contributed by atoms with Gasteiger partial charge in [-0.05, 0) is 37.0 Å². The van der Waals surface area contributed by atoms with Crippen molar-refractivity contribution in [1.29, 1.82) is 0 Å². The third-order valence-corrected chi connectivity index (χ3v) is 6.20. The Kier molecular flexibility index (Phi) is 8.25. The zero-order valence-corrected chi connectivity index (χ0v) is 16.4. The average Bonchev–Trinajstić information content (AvgIpc) is 3.14. The summed E-state index contributed by atoms with van der Waals surface area (Å²) in [4.78, 5) is 12.2. The van der Waals surface area contributed by atoms with Crippen LogP contribution in [0, 0.1) is 0 Å². The minimum absolute atomic E-state index is 0.0238. The van der Waals surface area contributed by atoms with E-state index in [-0.39, 0.29) is 18.0 Å². The van der Waals surface area contributed by atoms with Crippen LogP contribution in [-0.2, 0) is 34.5 Å². The van der Waals surface area contributed by atoms with Crippen molar-refractivity contribution in [3.05, 3.63) is 29.8 Å². The summed E-state index contributed by atoms with van der Waals surface area (Å²) in [6.45, 7) is 1.07. The molecule has 1 fully saturated rings. The highest BCUT2D eigenvalue weighted by Gasteiger charge is 2.35. The molecule has 1 aromatic rings. The molecule has 0 bridgehead atoms. The maximum Gasteiger partial charge on any atom is 0.337 e. The van der Waals surface area contributed by atoms with E-state index >= 15 is 0 Å². The van der Waals surface area contributed by atoms with Crippen molar-refractivity contribution >= 4 is 13.4 Å². The zero-order valence-electron chi connectivity index (χ0n) is 15.5. The Morgan fingerprint density at radius 3 is 2.46 bits per heavy atom. The number of ketones is 1. The van der Waals surface area contributed by atoms with E-state index in [0.717, 1.165) is 17.7 Å². The number of carbonyl (C=O) groups is 1. The molecule has 0 amide bonds. The Morgan fingerprint density at radius 1 is 1.15 bits per heavy atom. The van der Waals surface area contributed by atoms with Gasteiger partial charge in [0.15, 0.2) is 5.78 Å². The van der Waals surface area contributed by atoms with E-state index in [9.17, 15) is 9.36 Å². The minimum atomic E-state index is -3.34. The number of methoxy groups -OCH3 is 1. The minimum Gasteiger partial charge on any atom is -0.497 e. The second kappa shape index (κ2) is 10.2. The Morgan fingerprint density at radius 2 is 1.85 bits per heavy atom. The molecule has 0 radical (unpaired) electrons. The first-order valence-electron chi connectivity index (χ1n) is 8.59. The summed E-state index contributed by atoms with van der Waals surface area (Å²) >= 11 is 0. The molecule has 1 heterocycles. The largest absolute Gasteiger partial charge is 0.497 e. The normalized spacial score (nSPS) is 20.3. The van der Waals surface area contributed by atoms with Gasteiger partial charge in [-0.3, -0.25) is 9.36 Å². The van der Waals surface area contributed by atoms with Crippen molar-refractivity contribution in [2.24, 2.45) is 0 Å². The van der Waals surface area contributed by atoms with E-state index in [0.29, 0.717) is 26.1 Å². The van der Waals surface area contributed by atoms with Gasteiger partial charge in [0, 0.05) is 20.8 Å². The first-order chi connectivity index (χ1) is 12.5. The quantitative estimate of drug-likeness (QED) is 0.427. The van der Waals surface area contributed by atoms with E-state index < -0.39 is 13.7 Å². The monoisotopic (exact) mass is 386 g/mol. The second-order valence-electron chi connectivity index (χ2n) is 6.11. The Hall–Kier alpha value is -1.24. The van der Waals surface area contributed by atoms with Crippen LogP contribution in [0.15, 0.2) is 24.3 Å². The number of carbonyl (C=O) groups excluding carboxylic acids is 1. The number of hydrogen-bond donors (Lipinski definition) is 0. The van der Waals surface area contributed by atoms with E-state index in [4.69, 9.17) is 23.3 Å². The van der Waals surface area contributed by atoms with E-state index in [1.54, 1.807) is 7.11 Å². The molecular weight excluding hydrogens is 359 g/mol. The molecule has 8 heteroatoms. The molecule has 1 aromatic carbocycles. The maximum absolute atomic E-state index is 12.2. The van der Waals surface area contributed by atoms with Crippen molar-refractivity contribution in [3.8, 4) is 5.75 Å². The summed E-state index contributed by atoms with van der Waals surface area (Å²) in [5.41, 5.74) is 1.07. The summed E-state index contributed by atoms with van der Waals surface area (Å²) in [7, 11) is 0.842. The van der Waals surface area contributed by atoms with Gasteiger partial charge in [-0.1, -0.05) is 12.1 Å². The van der Waals surface area contributed by atoms with Crippen LogP contribution < -0.4 is 4.74 Å². The lowest BCUT2D eigenvalue weighted by atomic mass is 10.1. The van der Waals surface area contributed by atoms with Crippen molar-refractivity contribution in [2.45, 2.75) is 38.1 Å². The molecule has 2 rings (SSSR count). The van der Waals surface area contributed by atoms with Gasteiger partial charge >= 0.3 is 7.60 Å². The molecule has 146 valence electrons. The lowest BCUT2D eigenvalue weighted by Gasteiger charge is -2.16. The molecule has 0 unspecified atom stereocenters. The lowest BCUT2D eigenvalue weighted by molar-refractivity contribution is -0.127. The van der Waals surface area contributed by atoms with Crippen LogP contribution in [0.3, 0.4) is 0 Å². The highest BCUT2D eigenvalue weighted by atomic mass is 31.2. The Labute approximate surface area is 154 Å². The number of rotatable bonds is 11. The van der Waals surface area contributed by atoms with Crippen molar-refractivity contribution < 1.29 is 32.6 Å². The van der Waals surface area contributed by atoms with Gasteiger partial charge in [-0.15, -0.1) is 0 Å².